The second-order valence-corrected chi connectivity index (χ2v) is 8.64. The van der Waals surface area contributed by atoms with Crippen molar-refractivity contribution in [3.63, 3.8) is 0 Å². The summed E-state index contributed by atoms with van der Waals surface area (Å²) < 4.78 is 0. The van der Waals surface area contributed by atoms with Crippen molar-refractivity contribution in [3.05, 3.63) is 30.1 Å². The van der Waals surface area contributed by atoms with Crippen LogP contribution in [0.15, 0.2) is 24.4 Å². The molecule has 3 aliphatic carbocycles. The zero-order chi connectivity index (χ0) is 16.8. The van der Waals surface area contributed by atoms with E-state index in [-0.39, 0.29) is 12.4 Å². The van der Waals surface area contributed by atoms with Gasteiger partial charge in [0.25, 0.3) is 0 Å². The van der Waals surface area contributed by atoms with Gasteiger partial charge in [0.15, 0.2) is 0 Å². The molecule has 4 nitrogen and oxygen atoms in total. The van der Waals surface area contributed by atoms with Gasteiger partial charge in [-0.15, -0.1) is 12.4 Å². The average Bonchev–Trinajstić information content (AvgIpc) is 3.22. The summed E-state index contributed by atoms with van der Waals surface area (Å²) >= 11 is 0. The number of carbonyl (C=O) groups is 1. The second kappa shape index (κ2) is 7.47. The molecule has 5 heteroatoms. The van der Waals surface area contributed by atoms with Crippen LogP contribution in [0, 0.1) is 29.6 Å². The van der Waals surface area contributed by atoms with Gasteiger partial charge in [-0.2, -0.15) is 0 Å². The Balaban J connectivity index is 0.00000168. The lowest BCUT2D eigenvalue weighted by atomic mass is 9.99. The summed E-state index contributed by atoms with van der Waals surface area (Å²) in [7, 11) is 0. The molecule has 2 bridgehead atoms. The van der Waals surface area contributed by atoms with E-state index in [9.17, 15) is 4.79 Å². The molecule has 26 heavy (non-hydrogen) atoms. The molecule has 1 saturated heterocycles. The van der Waals surface area contributed by atoms with Gasteiger partial charge in [-0.3, -0.25) is 9.78 Å². The van der Waals surface area contributed by atoms with E-state index in [0.29, 0.717) is 24.4 Å². The molecule has 5 atom stereocenters. The summed E-state index contributed by atoms with van der Waals surface area (Å²) in [6, 6.07) is 6.43. The van der Waals surface area contributed by atoms with Gasteiger partial charge < -0.3 is 10.2 Å². The summed E-state index contributed by atoms with van der Waals surface area (Å²) in [5.74, 6) is 3.95. The third-order valence-corrected chi connectivity index (χ3v) is 7.35. The predicted octanol–water partition coefficient (Wildman–Crippen LogP) is 3.27. The van der Waals surface area contributed by atoms with E-state index in [1.54, 1.807) is 0 Å². The van der Waals surface area contributed by atoms with Crippen molar-refractivity contribution in [3.8, 4) is 0 Å². The highest BCUT2D eigenvalue weighted by molar-refractivity contribution is 5.85. The molecule has 0 spiro atoms. The van der Waals surface area contributed by atoms with Crippen LogP contribution in [0.2, 0.25) is 0 Å². The Labute approximate surface area is 162 Å². The second-order valence-electron chi connectivity index (χ2n) is 8.64. The number of pyridine rings is 1. The van der Waals surface area contributed by atoms with Crippen molar-refractivity contribution in [1.29, 1.82) is 0 Å². The van der Waals surface area contributed by atoms with Crippen molar-refractivity contribution in [2.75, 3.05) is 13.1 Å². The number of halogens is 1. The van der Waals surface area contributed by atoms with Crippen molar-refractivity contribution >= 4 is 18.3 Å². The van der Waals surface area contributed by atoms with Crippen LogP contribution in [0.5, 0.6) is 0 Å². The third kappa shape index (κ3) is 3.16. The summed E-state index contributed by atoms with van der Waals surface area (Å²) in [4.78, 5) is 20.3. The maximum absolute atomic E-state index is 13.5. The van der Waals surface area contributed by atoms with Crippen LogP contribution in [0.3, 0.4) is 0 Å². The Hall–Kier alpha value is -1.13. The average molecular weight is 376 g/mol. The first-order chi connectivity index (χ1) is 12.3. The predicted molar refractivity (Wildman–Crippen MR) is 104 cm³/mol. The molecule has 0 radical (unpaired) electrons. The number of nitrogens with zero attached hydrogens (tertiary/aromatic N) is 2. The number of rotatable bonds is 4. The Morgan fingerprint density at radius 3 is 2.65 bits per heavy atom. The van der Waals surface area contributed by atoms with Gasteiger partial charge in [-0.05, 0) is 87.4 Å². The SMILES string of the molecule is Cl.O=C(C1C2C3CCC(C3)C12)N(Cc1ccccn1)C1CCCNCC1. The van der Waals surface area contributed by atoms with Gasteiger partial charge in [0.05, 0.1) is 12.2 Å². The molecule has 3 saturated carbocycles. The fourth-order valence-corrected chi connectivity index (χ4v) is 6.21. The minimum atomic E-state index is 0. The molecular weight excluding hydrogens is 346 g/mol. The van der Waals surface area contributed by atoms with E-state index in [0.717, 1.165) is 55.3 Å². The van der Waals surface area contributed by atoms with Gasteiger partial charge in [0.2, 0.25) is 5.91 Å². The lowest BCUT2D eigenvalue weighted by molar-refractivity contribution is -0.137. The molecule has 4 fully saturated rings. The summed E-state index contributed by atoms with van der Waals surface area (Å²) in [5.41, 5.74) is 1.03. The van der Waals surface area contributed by atoms with Gasteiger partial charge in [0, 0.05) is 18.2 Å². The van der Waals surface area contributed by atoms with Crippen molar-refractivity contribution < 1.29 is 4.79 Å². The molecule has 1 aromatic rings. The topological polar surface area (TPSA) is 45.2 Å². The number of nitrogens with one attached hydrogen (secondary N) is 1. The highest BCUT2D eigenvalue weighted by Gasteiger charge is 2.68. The van der Waals surface area contributed by atoms with Crippen LogP contribution in [-0.4, -0.2) is 34.9 Å². The van der Waals surface area contributed by atoms with E-state index >= 15 is 0 Å². The Morgan fingerprint density at radius 2 is 1.92 bits per heavy atom. The lowest BCUT2D eigenvalue weighted by Gasteiger charge is -2.32. The Kier molecular flexibility index (Phi) is 5.24. The fourth-order valence-electron chi connectivity index (χ4n) is 6.21. The summed E-state index contributed by atoms with van der Waals surface area (Å²) in [6.45, 7) is 2.80. The maximum atomic E-state index is 13.5. The first-order valence-electron chi connectivity index (χ1n) is 10.2. The van der Waals surface area contributed by atoms with Crippen LogP contribution < -0.4 is 5.32 Å². The normalized spacial score (nSPS) is 37.4. The first-order valence-corrected chi connectivity index (χ1v) is 10.2. The van der Waals surface area contributed by atoms with Crippen LogP contribution >= 0.6 is 12.4 Å². The number of aromatic nitrogens is 1. The quantitative estimate of drug-likeness (QED) is 0.878. The minimum absolute atomic E-state index is 0. The monoisotopic (exact) mass is 375 g/mol. The molecule has 1 aliphatic heterocycles. The molecule has 1 aromatic heterocycles. The Morgan fingerprint density at radius 1 is 1.12 bits per heavy atom. The molecule has 2 heterocycles. The van der Waals surface area contributed by atoms with Gasteiger partial charge in [-0.1, -0.05) is 6.07 Å². The maximum Gasteiger partial charge on any atom is 0.226 e. The molecule has 5 unspecified atom stereocenters. The Bertz CT molecular complexity index is 615. The standard InChI is InChI=1S/C21H29N3O.ClH/c25-21(20-18-14-6-7-15(12-14)19(18)20)24(13-16-4-1-2-10-23-16)17-5-3-9-22-11-8-17;/h1-2,4,10,14-15,17-20,22H,3,5-9,11-13H2;1H. The molecule has 0 aromatic carbocycles. The van der Waals surface area contributed by atoms with E-state index in [4.69, 9.17) is 0 Å². The number of hydrogen-bond acceptors (Lipinski definition) is 3. The highest BCUT2D eigenvalue weighted by Crippen LogP contribution is 2.69. The van der Waals surface area contributed by atoms with E-state index < -0.39 is 0 Å². The molecular formula is C21H30ClN3O. The number of hydrogen-bond donors (Lipinski definition) is 1. The van der Waals surface area contributed by atoms with Gasteiger partial charge in [-0.25, -0.2) is 0 Å². The molecule has 142 valence electrons. The number of carbonyl (C=O) groups excluding carboxylic acids is 1. The van der Waals surface area contributed by atoms with E-state index in [1.165, 1.54) is 25.7 Å². The molecule has 1 N–H and O–H groups in total. The largest absolute Gasteiger partial charge is 0.334 e. The van der Waals surface area contributed by atoms with Gasteiger partial charge in [0.1, 0.15) is 0 Å². The smallest absolute Gasteiger partial charge is 0.226 e. The zero-order valence-electron chi connectivity index (χ0n) is 15.3. The van der Waals surface area contributed by atoms with Crippen LogP contribution in [0.4, 0.5) is 0 Å². The first kappa shape index (κ1) is 18.2. The van der Waals surface area contributed by atoms with E-state index in [1.807, 2.05) is 18.3 Å². The molecule has 1 amide bonds. The van der Waals surface area contributed by atoms with Crippen LogP contribution in [0.1, 0.15) is 44.2 Å². The molecule has 4 aliphatic rings. The summed E-state index contributed by atoms with van der Waals surface area (Å²) in [5, 5.41) is 3.49. The zero-order valence-corrected chi connectivity index (χ0v) is 16.2. The number of fused-ring (bicyclic) bond motifs is 5. The van der Waals surface area contributed by atoms with Crippen molar-refractivity contribution in [2.45, 2.75) is 51.1 Å². The molecule has 5 rings (SSSR count). The van der Waals surface area contributed by atoms with Crippen molar-refractivity contribution in [2.24, 2.45) is 29.6 Å². The van der Waals surface area contributed by atoms with E-state index in [2.05, 4.69) is 21.3 Å². The highest BCUT2D eigenvalue weighted by atomic mass is 35.5. The number of amides is 1. The minimum Gasteiger partial charge on any atom is -0.334 e. The fraction of sp³-hybridized carbons (Fsp3) is 0.714. The van der Waals surface area contributed by atoms with Crippen LogP contribution in [0.25, 0.3) is 0 Å². The van der Waals surface area contributed by atoms with Gasteiger partial charge >= 0.3 is 0 Å². The van der Waals surface area contributed by atoms with Crippen molar-refractivity contribution in [1.82, 2.24) is 15.2 Å². The third-order valence-electron chi connectivity index (χ3n) is 7.35. The van der Waals surface area contributed by atoms with Crippen LogP contribution in [-0.2, 0) is 11.3 Å². The lowest BCUT2D eigenvalue weighted by Crippen LogP contribution is -2.42. The summed E-state index contributed by atoms with van der Waals surface area (Å²) in [6.07, 6.45) is 9.38.